The molecule has 0 unspecified atom stereocenters. The Morgan fingerprint density at radius 2 is 2.06 bits per heavy atom. The maximum atomic E-state index is 8.78. The van der Waals surface area contributed by atoms with Gasteiger partial charge in [0.2, 0.25) is 0 Å². The van der Waals surface area contributed by atoms with Crippen molar-refractivity contribution in [1.29, 1.82) is 5.26 Å². The molecule has 0 radical (unpaired) electrons. The highest BCUT2D eigenvalue weighted by atomic mass is 15.4. The third-order valence-corrected chi connectivity index (χ3v) is 2.83. The van der Waals surface area contributed by atoms with Crippen molar-refractivity contribution in [2.45, 2.75) is 32.7 Å². The van der Waals surface area contributed by atoms with E-state index in [1.165, 1.54) is 5.56 Å². The summed E-state index contributed by atoms with van der Waals surface area (Å²) in [6.07, 6.45) is 2.28. The lowest BCUT2D eigenvalue weighted by Gasteiger charge is -2.06. The number of benzene rings is 1. The molecule has 18 heavy (non-hydrogen) atoms. The molecule has 0 N–H and O–H groups in total. The Bertz CT molecular complexity index is 537. The molecule has 4 heteroatoms. The highest BCUT2D eigenvalue weighted by Gasteiger charge is 2.11. The van der Waals surface area contributed by atoms with Gasteiger partial charge >= 0.3 is 0 Å². The number of nitrogens with zero attached hydrogens (tertiary/aromatic N) is 4. The van der Waals surface area contributed by atoms with E-state index in [2.05, 4.69) is 35.4 Å². The van der Waals surface area contributed by atoms with Crippen LogP contribution in [-0.4, -0.2) is 15.0 Å². The third-order valence-electron chi connectivity index (χ3n) is 2.83. The van der Waals surface area contributed by atoms with Crippen LogP contribution in [0.2, 0.25) is 0 Å². The summed E-state index contributed by atoms with van der Waals surface area (Å²) in [7, 11) is 0. The zero-order chi connectivity index (χ0) is 12.8. The maximum absolute atomic E-state index is 8.78. The highest BCUT2D eigenvalue weighted by Crippen LogP contribution is 2.11. The molecule has 1 aromatic carbocycles. The van der Waals surface area contributed by atoms with Gasteiger partial charge in [-0.1, -0.05) is 48.9 Å². The van der Waals surface area contributed by atoms with Crippen LogP contribution in [0.1, 0.15) is 30.3 Å². The molecule has 2 rings (SSSR count). The van der Waals surface area contributed by atoms with E-state index in [9.17, 15) is 0 Å². The Hall–Kier alpha value is -2.15. The number of hydrogen-bond acceptors (Lipinski definition) is 3. The molecule has 0 fully saturated rings. The van der Waals surface area contributed by atoms with E-state index in [1.54, 1.807) is 0 Å². The monoisotopic (exact) mass is 240 g/mol. The van der Waals surface area contributed by atoms with Crippen LogP contribution in [0.15, 0.2) is 30.3 Å². The molecule has 0 amide bonds. The van der Waals surface area contributed by atoms with Crippen LogP contribution in [0.3, 0.4) is 0 Å². The van der Waals surface area contributed by atoms with Crippen molar-refractivity contribution in [2.24, 2.45) is 0 Å². The molecule has 0 aliphatic rings. The molecule has 0 spiro atoms. The summed E-state index contributed by atoms with van der Waals surface area (Å²) in [5, 5.41) is 17.1. The van der Waals surface area contributed by atoms with Gasteiger partial charge in [-0.25, -0.2) is 4.68 Å². The lowest BCUT2D eigenvalue weighted by molar-refractivity contribution is 0.613. The van der Waals surface area contributed by atoms with Crippen LogP contribution in [0.5, 0.6) is 0 Å². The van der Waals surface area contributed by atoms with Crippen LogP contribution in [0, 0.1) is 11.3 Å². The molecule has 1 aromatic heterocycles. The Kier molecular flexibility index (Phi) is 4.08. The largest absolute Gasteiger partial charge is 0.245 e. The molecule has 92 valence electrons. The molecule has 0 bridgehead atoms. The summed E-state index contributed by atoms with van der Waals surface area (Å²) in [6.45, 7) is 2.84. The van der Waals surface area contributed by atoms with Crippen LogP contribution in [0.4, 0.5) is 0 Å². The third kappa shape index (κ3) is 2.75. The predicted octanol–water partition coefficient (Wildman–Crippen LogP) is 2.34. The fourth-order valence-corrected chi connectivity index (χ4v) is 1.97. The summed E-state index contributed by atoms with van der Waals surface area (Å²) in [4.78, 5) is 0. The van der Waals surface area contributed by atoms with Gasteiger partial charge in [0, 0.05) is 0 Å². The van der Waals surface area contributed by atoms with Crippen LogP contribution >= 0.6 is 0 Å². The minimum atomic E-state index is 0.337. The minimum Gasteiger partial charge on any atom is -0.245 e. The standard InChI is InChI=1S/C14H16N4/c1-2-6-14-13(9-10-15)16-17-18(14)11-12-7-4-3-5-8-12/h3-5,7-8H,2,6,9,11H2,1H3. The fourth-order valence-electron chi connectivity index (χ4n) is 1.97. The lowest BCUT2D eigenvalue weighted by atomic mass is 10.1. The second kappa shape index (κ2) is 5.97. The molecule has 0 atom stereocenters. The van der Waals surface area contributed by atoms with E-state index in [0.717, 1.165) is 24.2 Å². The molecule has 4 nitrogen and oxygen atoms in total. The van der Waals surface area contributed by atoms with Gasteiger partial charge in [-0.2, -0.15) is 5.26 Å². The maximum Gasteiger partial charge on any atom is 0.0999 e. The topological polar surface area (TPSA) is 54.5 Å². The first kappa shape index (κ1) is 12.3. The molecular weight excluding hydrogens is 224 g/mol. The quantitative estimate of drug-likeness (QED) is 0.806. The average Bonchev–Trinajstić information content (AvgIpc) is 2.75. The van der Waals surface area contributed by atoms with E-state index in [4.69, 9.17) is 5.26 Å². The Morgan fingerprint density at radius 1 is 1.28 bits per heavy atom. The van der Waals surface area contributed by atoms with Crippen molar-refractivity contribution in [2.75, 3.05) is 0 Å². The van der Waals surface area contributed by atoms with Crippen LogP contribution < -0.4 is 0 Å². The van der Waals surface area contributed by atoms with Gasteiger partial charge in [-0.3, -0.25) is 0 Å². The first-order valence-corrected chi connectivity index (χ1v) is 6.17. The van der Waals surface area contributed by atoms with Crippen molar-refractivity contribution in [3.05, 3.63) is 47.3 Å². The summed E-state index contributed by atoms with van der Waals surface area (Å²) in [6, 6.07) is 12.3. The van der Waals surface area contributed by atoms with Gasteiger partial charge in [0.25, 0.3) is 0 Å². The lowest BCUT2D eigenvalue weighted by Crippen LogP contribution is -2.07. The summed E-state index contributed by atoms with van der Waals surface area (Å²) >= 11 is 0. The molecule has 1 heterocycles. The van der Waals surface area contributed by atoms with Crippen molar-refractivity contribution in [3.8, 4) is 6.07 Å². The van der Waals surface area contributed by atoms with Gasteiger partial charge in [-0.15, -0.1) is 5.10 Å². The van der Waals surface area contributed by atoms with Gasteiger partial charge in [0.15, 0.2) is 0 Å². The Balaban J connectivity index is 2.25. The van der Waals surface area contributed by atoms with E-state index in [0.29, 0.717) is 13.0 Å². The smallest absolute Gasteiger partial charge is 0.0999 e. The second-order valence-corrected chi connectivity index (χ2v) is 4.21. The molecule has 0 aliphatic heterocycles. The van der Waals surface area contributed by atoms with Crippen molar-refractivity contribution in [1.82, 2.24) is 15.0 Å². The van der Waals surface area contributed by atoms with Gasteiger partial charge in [0.1, 0.15) is 0 Å². The second-order valence-electron chi connectivity index (χ2n) is 4.21. The van der Waals surface area contributed by atoms with Crippen molar-refractivity contribution in [3.63, 3.8) is 0 Å². The molecule has 0 saturated heterocycles. The molecular formula is C14H16N4. The Labute approximate surface area is 107 Å². The average molecular weight is 240 g/mol. The van der Waals surface area contributed by atoms with E-state index >= 15 is 0 Å². The van der Waals surface area contributed by atoms with E-state index < -0.39 is 0 Å². The zero-order valence-electron chi connectivity index (χ0n) is 10.5. The Morgan fingerprint density at radius 3 is 2.72 bits per heavy atom. The van der Waals surface area contributed by atoms with Gasteiger partial charge in [-0.05, 0) is 12.0 Å². The van der Waals surface area contributed by atoms with Crippen LogP contribution in [-0.2, 0) is 19.4 Å². The summed E-state index contributed by atoms with van der Waals surface area (Å²) in [5.41, 5.74) is 3.10. The first-order chi connectivity index (χ1) is 8.85. The number of aromatic nitrogens is 3. The van der Waals surface area contributed by atoms with Gasteiger partial charge in [0.05, 0.1) is 30.4 Å². The minimum absolute atomic E-state index is 0.337. The van der Waals surface area contributed by atoms with Crippen molar-refractivity contribution < 1.29 is 0 Å². The van der Waals surface area contributed by atoms with Gasteiger partial charge < -0.3 is 0 Å². The first-order valence-electron chi connectivity index (χ1n) is 6.17. The normalized spacial score (nSPS) is 10.2. The summed E-state index contributed by atoms with van der Waals surface area (Å²) in [5.74, 6) is 0. The van der Waals surface area contributed by atoms with Crippen LogP contribution in [0.25, 0.3) is 0 Å². The predicted molar refractivity (Wildman–Crippen MR) is 68.9 cm³/mol. The SMILES string of the molecule is CCCc1c(CC#N)nnn1Cc1ccccc1. The molecule has 2 aromatic rings. The molecule has 0 aliphatic carbocycles. The van der Waals surface area contributed by atoms with E-state index in [1.807, 2.05) is 22.9 Å². The summed E-state index contributed by atoms with van der Waals surface area (Å²) < 4.78 is 1.91. The highest BCUT2D eigenvalue weighted by molar-refractivity contribution is 5.19. The van der Waals surface area contributed by atoms with E-state index in [-0.39, 0.29) is 0 Å². The fraction of sp³-hybridized carbons (Fsp3) is 0.357. The van der Waals surface area contributed by atoms with Crippen molar-refractivity contribution >= 4 is 0 Å². The number of nitriles is 1. The number of hydrogen-bond donors (Lipinski definition) is 0. The zero-order valence-corrected chi connectivity index (χ0v) is 10.5. The number of rotatable bonds is 5. The molecule has 0 saturated carbocycles.